The number of hydrogen-bond acceptors (Lipinski definition) is 8. The standard InChI is InChI=1S/C14H25N3O4S/c1-18-9-11-20-7-5-16-3-4-17(14(16)22-13-15)6-8-21-12-10-19-2/h3-4,14H,5-12H2,1-2H3. The number of thiocyanates is 1. The van der Waals surface area contributed by atoms with Crippen molar-refractivity contribution in [1.82, 2.24) is 9.80 Å². The van der Waals surface area contributed by atoms with E-state index in [2.05, 4.69) is 15.2 Å². The van der Waals surface area contributed by atoms with Crippen LogP contribution in [-0.4, -0.2) is 82.2 Å². The van der Waals surface area contributed by atoms with E-state index in [4.69, 9.17) is 24.2 Å². The third-order valence-corrected chi connectivity index (χ3v) is 3.88. The molecule has 1 heterocycles. The van der Waals surface area contributed by atoms with Crippen LogP contribution in [0.4, 0.5) is 0 Å². The van der Waals surface area contributed by atoms with Gasteiger partial charge in [0.15, 0.2) is 5.50 Å². The Morgan fingerprint density at radius 3 is 1.82 bits per heavy atom. The normalized spacial score (nSPS) is 14.8. The van der Waals surface area contributed by atoms with E-state index >= 15 is 0 Å². The van der Waals surface area contributed by atoms with Crippen LogP contribution in [0.3, 0.4) is 0 Å². The first-order valence-electron chi connectivity index (χ1n) is 7.21. The average Bonchev–Trinajstić information content (AvgIpc) is 2.90. The van der Waals surface area contributed by atoms with Gasteiger partial charge in [0.25, 0.3) is 0 Å². The van der Waals surface area contributed by atoms with Crippen molar-refractivity contribution in [2.75, 3.05) is 67.0 Å². The molecule has 0 aliphatic carbocycles. The first kappa shape index (κ1) is 19.1. The lowest BCUT2D eigenvalue weighted by atomic mass is 10.6. The highest BCUT2D eigenvalue weighted by atomic mass is 32.2. The van der Waals surface area contributed by atoms with Gasteiger partial charge in [-0.15, -0.1) is 0 Å². The summed E-state index contributed by atoms with van der Waals surface area (Å²) in [5, 5.41) is 11.1. The minimum absolute atomic E-state index is 0.0259. The number of methoxy groups -OCH3 is 2. The van der Waals surface area contributed by atoms with Gasteiger partial charge in [0.2, 0.25) is 0 Å². The number of rotatable bonds is 13. The summed E-state index contributed by atoms with van der Waals surface area (Å²) in [6.07, 6.45) is 3.98. The second-order valence-electron chi connectivity index (χ2n) is 4.52. The Morgan fingerprint density at radius 1 is 0.909 bits per heavy atom. The quantitative estimate of drug-likeness (QED) is 0.364. The van der Waals surface area contributed by atoms with Gasteiger partial charge in [0.05, 0.1) is 39.6 Å². The zero-order valence-electron chi connectivity index (χ0n) is 13.3. The Morgan fingerprint density at radius 2 is 1.41 bits per heavy atom. The van der Waals surface area contributed by atoms with Crippen molar-refractivity contribution in [2.24, 2.45) is 0 Å². The van der Waals surface area contributed by atoms with Crippen LogP contribution in [0.1, 0.15) is 0 Å². The van der Waals surface area contributed by atoms with E-state index in [1.807, 2.05) is 12.4 Å². The predicted octanol–water partition coefficient (Wildman–Crippen LogP) is 0.899. The number of hydrogen-bond donors (Lipinski definition) is 0. The van der Waals surface area contributed by atoms with Crippen molar-refractivity contribution in [3.63, 3.8) is 0 Å². The van der Waals surface area contributed by atoms with Crippen LogP contribution >= 0.6 is 11.8 Å². The lowest BCUT2D eigenvalue weighted by Crippen LogP contribution is -2.38. The number of ether oxygens (including phenoxy) is 4. The zero-order chi connectivity index (χ0) is 16.0. The molecule has 0 radical (unpaired) electrons. The Labute approximate surface area is 136 Å². The van der Waals surface area contributed by atoms with E-state index in [9.17, 15) is 0 Å². The van der Waals surface area contributed by atoms with Crippen LogP contribution in [0, 0.1) is 10.7 Å². The summed E-state index contributed by atoms with van der Waals surface area (Å²) in [5.41, 5.74) is -0.0259. The van der Waals surface area contributed by atoms with E-state index in [1.165, 1.54) is 11.8 Å². The van der Waals surface area contributed by atoms with Crippen molar-refractivity contribution in [3.05, 3.63) is 12.4 Å². The van der Waals surface area contributed by atoms with Crippen molar-refractivity contribution in [1.29, 1.82) is 5.26 Å². The molecule has 22 heavy (non-hydrogen) atoms. The highest BCUT2D eigenvalue weighted by Gasteiger charge is 2.26. The molecule has 1 aliphatic rings. The predicted molar refractivity (Wildman–Crippen MR) is 84.9 cm³/mol. The molecule has 126 valence electrons. The lowest BCUT2D eigenvalue weighted by molar-refractivity contribution is 0.0493. The van der Waals surface area contributed by atoms with E-state index in [0.717, 1.165) is 13.1 Å². The van der Waals surface area contributed by atoms with E-state index in [-0.39, 0.29) is 5.50 Å². The molecule has 0 spiro atoms. The van der Waals surface area contributed by atoms with Gasteiger partial charge in [-0.05, 0) is 0 Å². The van der Waals surface area contributed by atoms with Gasteiger partial charge in [-0.1, -0.05) is 0 Å². The third kappa shape index (κ3) is 7.33. The summed E-state index contributed by atoms with van der Waals surface area (Å²) in [6, 6.07) is 0. The fraction of sp³-hybridized carbons (Fsp3) is 0.786. The maximum absolute atomic E-state index is 8.98. The maximum Gasteiger partial charge on any atom is 0.164 e. The minimum atomic E-state index is -0.0259. The molecular weight excluding hydrogens is 306 g/mol. The SMILES string of the molecule is COCCOCCN1C=CN(CCOCCOC)C1SC#N. The topological polar surface area (TPSA) is 67.2 Å². The number of thioether (sulfide) groups is 1. The molecule has 0 N–H and O–H groups in total. The van der Waals surface area contributed by atoms with Gasteiger partial charge in [0.1, 0.15) is 5.40 Å². The lowest BCUT2D eigenvalue weighted by Gasteiger charge is -2.30. The molecule has 0 aromatic heterocycles. The van der Waals surface area contributed by atoms with Crippen molar-refractivity contribution >= 4 is 11.8 Å². The summed E-state index contributed by atoms with van der Waals surface area (Å²) in [6.45, 7) is 5.04. The largest absolute Gasteiger partial charge is 0.382 e. The van der Waals surface area contributed by atoms with Crippen LogP contribution in [0.5, 0.6) is 0 Å². The van der Waals surface area contributed by atoms with E-state index < -0.39 is 0 Å². The summed E-state index contributed by atoms with van der Waals surface area (Å²) in [5.74, 6) is 0. The molecule has 0 aromatic carbocycles. The van der Waals surface area contributed by atoms with Crippen LogP contribution in [0.15, 0.2) is 12.4 Å². The molecule has 0 aromatic rings. The van der Waals surface area contributed by atoms with Gasteiger partial charge >= 0.3 is 0 Å². The van der Waals surface area contributed by atoms with Crippen molar-refractivity contribution in [2.45, 2.75) is 5.50 Å². The highest BCUT2D eigenvalue weighted by Crippen LogP contribution is 2.24. The molecule has 0 bridgehead atoms. The fourth-order valence-corrected chi connectivity index (χ4v) is 2.61. The molecule has 7 nitrogen and oxygen atoms in total. The van der Waals surface area contributed by atoms with E-state index in [1.54, 1.807) is 14.2 Å². The molecule has 0 unspecified atom stereocenters. The van der Waals surface area contributed by atoms with Crippen molar-refractivity contribution < 1.29 is 18.9 Å². The summed E-state index contributed by atoms with van der Waals surface area (Å²) >= 11 is 1.23. The molecule has 0 saturated heterocycles. The smallest absolute Gasteiger partial charge is 0.164 e. The van der Waals surface area contributed by atoms with Crippen LogP contribution < -0.4 is 0 Å². The molecule has 8 heteroatoms. The maximum atomic E-state index is 8.98. The monoisotopic (exact) mass is 331 g/mol. The molecule has 0 fully saturated rings. The van der Waals surface area contributed by atoms with Crippen LogP contribution in [0.25, 0.3) is 0 Å². The Kier molecular flexibility index (Phi) is 10.9. The molecule has 1 rings (SSSR count). The number of nitrogens with zero attached hydrogens (tertiary/aromatic N) is 3. The highest BCUT2D eigenvalue weighted by molar-refractivity contribution is 8.04. The molecule has 0 saturated carbocycles. The minimum Gasteiger partial charge on any atom is -0.382 e. The van der Waals surface area contributed by atoms with Gasteiger partial charge < -0.3 is 28.7 Å². The third-order valence-electron chi connectivity index (χ3n) is 3.03. The molecular formula is C14H25N3O4S. The average molecular weight is 331 g/mol. The zero-order valence-corrected chi connectivity index (χ0v) is 14.1. The molecule has 1 aliphatic heterocycles. The Balaban J connectivity index is 2.26. The van der Waals surface area contributed by atoms with Crippen LogP contribution in [-0.2, 0) is 18.9 Å². The number of nitriles is 1. The summed E-state index contributed by atoms with van der Waals surface area (Å²) < 4.78 is 20.8. The van der Waals surface area contributed by atoms with Gasteiger partial charge in [-0.3, -0.25) is 0 Å². The Hall–Kier alpha value is -0.980. The van der Waals surface area contributed by atoms with E-state index in [0.29, 0.717) is 39.6 Å². The first-order chi connectivity index (χ1) is 10.8. The Bertz CT molecular complexity index is 327. The van der Waals surface area contributed by atoms with Gasteiger partial charge in [-0.2, -0.15) is 5.26 Å². The first-order valence-corrected chi connectivity index (χ1v) is 8.09. The fourth-order valence-electron chi connectivity index (χ4n) is 1.89. The summed E-state index contributed by atoms with van der Waals surface area (Å²) in [4.78, 5) is 4.19. The molecule has 0 atom stereocenters. The second kappa shape index (κ2) is 12.6. The molecule has 0 amide bonds. The van der Waals surface area contributed by atoms with Gasteiger partial charge in [0, 0.05) is 51.5 Å². The van der Waals surface area contributed by atoms with Crippen molar-refractivity contribution in [3.8, 4) is 5.40 Å². The summed E-state index contributed by atoms with van der Waals surface area (Å²) in [7, 11) is 3.30. The van der Waals surface area contributed by atoms with Crippen LogP contribution in [0.2, 0.25) is 0 Å². The second-order valence-corrected chi connectivity index (χ2v) is 5.36. The van der Waals surface area contributed by atoms with Gasteiger partial charge in [-0.25, -0.2) is 0 Å².